The minimum atomic E-state index is -0.541. The molecule has 8 heteroatoms. The summed E-state index contributed by atoms with van der Waals surface area (Å²) in [6.45, 7) is 6.10. The van der Waals surface area contributed by atoms with E-state index >= 15 is 0 Å². The Morgan fingerprint density at radius 2 is 1.96 bits per heavy atom. The molecular formula is C16H17ClN4O2S. The second kappa shape index (κ2) is 6.14. The normalized spacial score (nSPS) is 17.6. The second-order valence-corrected chi connectivity index (χ2v) is 8.03. The average molecular weight is 365 g/mol. The van der Waals surface area contributed by atoms with Crippen molar-refractivity contribution < 1.29 is 9.59 Å². The van der Waals surface area contributed by atoms with Gasteiger partial charge in [-0.05, 0) is 24.3 Å². The van der Waals surface area contributed by atoms with Crippen LogP contribution in [0.4, 0.5) is 10.8 Å². The topological polar surface area (TPSA) is 75.2 Å². The van der Waals surface area contributed by atoms with Crippen LogP contribution < -0.4 is 10.2 Å². The first-order valence-corrected chi connectivity index (χ1v) is 8.67. The molecule has 3 rings (SSSR count). The maximum Gasteiger partial charge on any atom is 0.249 e. The Kier molecular flexibility index (Phi) is 4.31. The molecule has 2 aromatic rings. The first kappa shape index (κ1) is 16.9. The molecule has 24 heavy (non-hydrogen) atoms. The molecule has 1 atom stereocenters. The summed E-state index contributed by atoms with van der Waals surface area (Å²) < 4.78 is 0. The van der Waals surface area contributed by atoms with Gasteiger partial charge in [0, 0.05) is 16.1 Å². The van der Waals surface area contributed by atoms with Crippen molar-refractivity contribution >= 4 is 45.6 Å². The van der Waals surface area contributed by atoms with E-state index in [0.29, 0.717) is 15.8 Å². The highest BCUT2D eigenvalue weighted by molar-refractivity contribution is 7.15. The van der Waals surface area contributed by atoms with Crippen molar-refractivity contribution in [1.29, 1.82) is 0 Å². The standard InChI is InChI=1S/C16H17ClN4O2S/c1-16(2,3)14-19-20-15(24-14)18-13(23)11-8-12(22)21(11)10-6-4-9(17)5-7-10/h4-7,11H,8H2,1-3H3,(H,18,20,23)/t11-/m0/s1. The van der Waals surface area contributed by atoms with E-state index < -0.39 is 6.04 Å². The van der Waals surface area contributed by atoms with Gasteiger partial charge in [0.1, 0.15) is 11.0 Å². The summed E-state index contributed by atoms with van der Waals surface area (Å²) in [7, 11) is 0. The van der Waals surface area contributed by atoms with E-state index in [1.807, 2.05) is 20.8 Å². The molecule has 0 bridgehead atoms. The summed E-state index contributed by atoms with van der Waals surface area (Å²) in [5.74, 6) is -0.355. The molecule has 1 N–H and O–H groups in total. The molecule has 1 aromatic carbocycles. The molecule has 2 amide bonds. The molecule has 2 heterocycles. The van der Waals surface area contributed by atoms with Gasteiger partial charge in [0.05, 0.1) is 6.42 Å². The number of benzene rings is 1. The minimum Gasteiger partial charge on any atom is -0.299 e. The Balaban J connectivity index is 1.72. The number of hydrogen-bond acceptors (Lipinski definition) is 5. The van der Waals surface area contributed by atoms with E-state index in [-0.39, 0.29) is 23.7 Å². The van der Waals surface area contributed by atoms with Gasteiger partial charge in [-0.15, -0.1) is 10.2 Å². The zero-order chi connectivity index (χ0) is 17.5. The molecule has 1 aliphatic heterocycles. The SMILES string of the molecule is CC(C)(C)c1nnc(NC(=O)[C@@H]2CC(=O)N2c2ccc(Cl)cc2)s1. The maximum absolute atomic E-state index is 12.5. The minimum absolute atomic E-state index is 0.0925. The molecule has 1 aromatic heterocycles. The summed E-state index contributed by atoms with van der Waals surface area (Å²) in [5.41, 5.74) is 0.533. The fourth-order valence-corrected chi connectivity index (χ4v) is 3.25. The van der Waals surface area contributed by atoms with Crippen LogP contribution in [0.25, 0.3) is 0 Å². The van der Waals surface area contributed by atoms with Gasteiger partial charge in [-0.3, -0.25) is 19.8 Å². The van der Waals surface area contributed by atoms with Crippen molar-refractivity contribution in [2.45, 2.75) is 38.6 Å². The van der Waals surface area contributed by atoms with Gasteiger partial charge in [0.15, 0.2) is 0 Å². The first-order chi connectivity index (χ1) is 11.3. The van der Waals surface area contributed by atoms with E-state index in [9.17, 15) is 9.59 Å². The van der Waals surface area contributed by atoms with E-state index in [1.165, 1.54) is 16.2 Å². The fraction of sp³-hybridized carbons (Fsp3) is 0.375. The van der Waals surface area contributed by atoms with E-state index in [2.05, 4.69) is 15.5 Å². The lowest BCUT2D eigenvalue weighted by Gasteiger charge is -2.38. The van der Waals surface area contributed by atoms with E-state index in [1.54, 1.807) is 24.3 Å². The molecule has 0 spiro atoms. The van der Waals surface area contributed by atoms with Crippen LogP contribution in [0.1, 0.15) is 32.2 Å². The number of nitrogens with zero attached hydrogens (tertiary/aromatic N) is 3. The zero-order valence-corrected chi connectivity index (χ0v) is 15.1. The lowest BCUT2D eigenvalue weighted by Crippen LogP contribution is -2.58. The first-order valence-electron chi connectivity index (χ1n) is 7.48. The van der Waals surface area contributed by atoms with Gasteiger partial charge in [-0.25, -0.2) is 0 Å². The lowest BCUT2D eigenvalue weighted by atomic mass is 9.98. The van der Waals surface area contributed by atoms with E-state index in [4.69, 9.17) is 11.6 Å². The number of anilines is 2. The lowest BCUT2D eigenvalue weighted by molar-refractivity contribution is -0.131. The van der Waals surface area contributed by atoms with Crippen molar-refractivity contribution in [1.82, 2.24) is 10.2 Å². The number of carbonyl (C=O) groups excluding carboxylic acids is 2. The molecule has 6 nitrogen and oxygen atoms in total. The number of β-lactam (4-membered cyclic amide) rings is 1. The van der Waals surface area contributed by atoms with Crippen molar-refractivity contribution in [3.05, 3.63) is 34.3 Å². The van der Waals surface area contributed by atoms with Crippen LogP contribution in [0.3, 0.4) is 0 Å². The van der Waals surface area contributed by atoms with Gasteiger partial charge in [-0.2, -0.15) is 0 Å². The molecule has 0 unspecified atom stereocenters. The van der Waals surface area contributed by atoms with Gasteiger partial charge >= 0.3 is 0 Å². The van der Waals surface area contributed by atoms with Crippen molar-refractivity contribution in [3.63, 3.8) is 0 Å². The van der Waals surface area contributed by atoms with Crippen LogP contribution in [-0.2, 0) is 15.0 Å². The highest BCUT2D eigenvalue weighted by Crippen LogP contribution is 2.31. The number of halogens is 1. The van der Waals surface area contributed by atoms with Crippen LogP contribution in [0.15, 0.2) is 24.3 Å². The Morgan fingerprint density at radius 1 is 1.29 bits per heavy atom. The summed E-state index contributed by atoms with van der Waals surface area (Å²) in [6, 6.07) is 6.29. The third-order valence-corrected chi connectivity index (χ3v) is 5.17. The van der Waals surface area contributed by atoms with Crippen LogP contribution in [0.2, 0.25) is 5.02 Å². The van der Waals surface area contributed by atoms with Gasteiger partial charge in [0.25, 0.3) is 0 Å². The Bertz CT molecular complexity index is 782. The molecular weight excluding hydrogens is 348 g/mol. The van der Waals surface area contributed by atoms with Gasteiger partial charge < -0.3 is 0 Å². The molecule has 1 fully saturated rings. The molecule has 0 radical (unpaired) electrons. The molecule has 1 aliphatic rings. The van der Waals surface area contributed by atoms with Crippen molar-refractivity contribution in [3.8, 4) is 0 Å². The molecule has 1 saturated heterocycles. The Hall–Kier alpha value is -1.99. The Labute approximate surface area is 148 Å². The van der Waals surface area contributed by atoms with Crippen LogP contribution in [0, 0.1) is 0 Å². The summed E-state index contributed by atoms with van der Waals surface area (Å²) >= 11 is 7.21. The maximum atomic E-state index is 12.5. The van der Waals surface area contributed by atoms with Crippen LogP contribution in [0.5, 0.6) is 0 Å². The number of aromatic nitrogens is 2. The monoisotopic (exact) mass is 364 g/mol. The van der Waals surface area contributed by atoms with Crippen molar-refractivity contribution in [2.75, 3.05) is 10.2 Å². The fourth-order valence-electron chi connectivity index (χ4n) is 2.32. The smallest absolute Gasteiger partial charge is 0.249 e. The number of hydrogen-bond donors (Lipinski definition) is 1. The number of carbonyl (C=O) groups is 2. The van der Waals surface area contributed by atoms with Crippen LogP contribution >= 0.6 is 22.9 Å². The molecule has 0 aliphatic carbocycles. The average Bonchev–Trinajstić information content (AvgIpc) is 2.95. The quantitative estimate of drug-likeness (QED) is 0.848. The third kappa shape index (κ3) is 3.27. The zero-order valence-electron chi connectivity index (χ0n) is 13.5. The second-order valence-electron chi connectivity index (χ2n) is 6.61. The predicted molar refractivity (Wildman–Crippen MR) is 94.6 cm³/mol. The highest BCUT2D eigenvalue weighted by atomic mass is 35.5. The Morgan fingerprint density at radius 3 is 2.50 bits per heavy atom. The van der Waals surface area contributed by atoms with E-state index in [0.717, 1.165) is 5.01 Å². The molecule has 126 valence electrons. The van der Waals surface area contributed by atoms with Crippen molar-refractivity contribution in [2.24, 2.45) is 0 Å². The van der Waals surface area contributed by atoms with Crippen LogP contribution in [-0.4, -0.2) is 28.1 Å². The predicted octanol–water partition coefficient (Wildman–Crippen LogP) is 3.23. The van der Waals surface area contributed by atoms with Gasteiger partial charge in [0.2, 0.25) is 16.9 Å². The largest absolute Gasteiger partial charge is 0.299 e. The molecule has 0 saturated carbocycles. The summed E-state index contributed by atoms with van der Waals surface area (Å²) in [5, 5.41) is 12.7. The number of nitrogens with one attached hydrogen (secondary N) is 1. The van der Waals surface area contributed by atoms with Gasteiger partial charge in [-0.1, -0.05) is 43.7 Å². The number of rotatable bonds is 3. The highest BCUT2D eigenvalue weighted by Gasteiger charge is 2.42. The summed E-state index contributed by atoms with van der Waals surface area (Å²) in [6.07, 6.45) is 0.180. The number of amides is 2. The summed E-state index contributed by atoms with van der Waals surface area (Å²) in [4.78, 5) is 25.8. The third-order valence-electron chi connectivity index (χ3n) is 3.65.